The Morgan fingerprint density at radius 3 is 2.55 bits per heavy atom. The van der Waals surface area contributed by atoms with E-state index in [0.717, 1.165) is 22.6 Å². The SMILES string of the molecule is Cc1cc(Nc2n[nH]c(N)n2)cc(C)c1Oc1ccccn1. The van der Waals surface area contributed by atoms with Crippen LogP contribution in [0.4, 0.5) is 17.6 Å². The summed E-state index contributed by atoms with van der Waals surface area (Å²) in [5.74, 6) is 2.05. The number of nitrogens with one attached hydrogen (secondary N) is 2. The zero-order valence-corrected chi connectivity index (χ0v) is 12.3. The van der Waals surface area contributed by atoms with E-state index in [9.17, 15) is 0 Å². The molecule has 0 bridgehead atoms. The molecule has 0 fully saturated rings. The summed E-state index contributed by atoms with van der Waals surface area (Å²) in [7, 11) is 0. The highest BCUT2D eigenvalue weighted by Crippen LogP contribution is 2.31. The Morgan fingerprint density at radius 2 is 1.95 bits per heavy atom. The predicted molar refractivity (Wildman–Crippen MR) is 84.3 cm³/mol. The van der Waals surface area contributed by atoms with Crippen LogP contribution in [0.3, 0.4) is 0 Å². The second kappa shape index (κ2) is 5.72. The van der Waals surface area contributed by atoms with E-state index in [1.165, 1.54) is 0 Å². The van der Waals surface area contributed by atoms with Gasteiger partial charge in [-0.15, -0.1) is 5.10 Å². The Hall–Kier alpha value is -3.09. The summed E-state index contributed by atoms with van der Waals surface area (Å²) < 4.78 is 5.85. The van der Waals surface area contributed by atoms with E-state index in [-0.39, 0.29) is 5.95 Å². The molecule has 1 aromatic carbocycles. The number of pyridine rings is 1. The van der Waals surface area contributed by atoms with Gasteiger partial charge >= 0.3 is 0 Å². The summed E-state index contributed by atoms with van der Waals surface area (Å²) in [6, 6.07) is 9.47. The van der Waals surface area contributed by atoms with Gasteiger partial charge in [0, 0.05) is 18.0 Å². The Kier molecular flexibility index (Phi) is 3.61. The number of ether oxygens (including phenoxy) is 1. The van der Waals surface area contributed by atoms with E-state index in [4.69, 9.17) is 10.5 Å². The fourth-order valence-electron chi connectivity index (χ4n) is 2.15. The van der Waals surface area contributed by atoms with E-state index in [1.807, 2.05) is 44.2 Å². The molecule has 0 atom stereocenters. The zero-order chi connectivity index (χ0) is 15.5. The first-order valence-electron chi connectivity index (χ1n) is 6.77. The maximum Gasteiger partial charge on any atom is 0.248 e. The number of aromatic nitrogens is 4. The number of nitrogens with zero attached hydrogens (tertiary/aromatic N) is 3. The minimum absolute atomic E-state index is 0.269. The van der Waals surface area contributed by atoms with Crippen molar-refractivity contribution in [1.82, 2.24) is 20.2 Å². The van der Waals surface area contributed by atoms with E-state index >= 15 is 0 Å². The molecule has 0 spiro atoms. The van der Waals surface area contributed by atoms with Crippen LogP contribution in [0.25, 0.3) is 0 Å². The summed E-state index contributed by atoms with van der Waals surface area (Å²) in [4.78, 5) is 8.19. The number of anilines is 3. The number of hydrogen-bond donors (Lipinski definition) is 3. The molecule has 2 aromatic heterocycles. The first-order valence-corrected chi connectivity index (χ1v) is 6.77. The third-order valence-electron chi connectivity index (χ3n) is 3.06. The van der Waals surface area contributed by atoms with Crippen molar-refractivity contribution >= 4 is 17.6 Å². The van der Waals surface area contributed by atoms with Crippen LogP contribution in [0.1, 0.15) is 11.1 Å². The van der Waals surface area contributed by atoms with E-state index in [2.05, 4.69) is 25.5 Å². The normalized spacial score (nSPS) is 10.5. The average Bonchev–Trinajstić information content (AvgIpc) is 2.89. The molecule has 7 nitrogen and oxygen atoms in total. The van der Waals surface area contributed by atoms with Crippen LogP contribution in [-0.4, -0.2) is 20.2 Å². The van der Waals surface area contributed by atoms with Gasteiger partial charge in [-0.05, 0) is 43.2 Å². The lowest BCUT2D eigenvalue weighted by atomic mass is 10.1. The number of benzene rings is 1. The first-order chi connectivity index (χ1) is 10.6. The third-order valence-corrected chi connectivity index (χ3v) is 3.06. The van der Waals surface area contributed by atoms with Crippen molar-refractivity contribution in [3.05, 3.63) is 47.7 Å². The van der Waals surface area contributed by atoms with Crippen molar-refractivity contribution in [1.29, 1.82) is 0 Å². The second-order valence-corrected chi connectivity index (χ2v) is 4.88. The monoisotopic (exact) mass is 296 g/mol. The lowest BCUT2D eigenvalue weighted by molar-refractivity contribution is 0.456. The van der Waals surface area contributed by atoms with E-state index in [0.29, 0.717) is 11.8 Å². The molecule has 22 heavy (non-hydrogen) atoms. The maximum absolute atomic E-state index is 5.85. The van der Waals surface area contributed by atoms with E-state index in [1.54, 1.807) is 6.20 Å². The summed E-state index contributed by atoms with van der Waals surface area (Å²) in [5, 5.41) is 9.62. The molecule has 4 N–H and O–H groups in total. The highest BCUT2D eigenvalue weighted by molar-refractivity contribution is 5.60. The molecule has 0 radical (unpaired) electrons. The Balaban J connectivity index is 1.85. The van der Waals surface area contributed by atoms with Crippen LogP contribution in [0, 0.1) is 13.8 Å². The summed E-state index contributed by atoms with van der Waals surface area (Å²) >= 11 is 0. The van der Waals surface area contributed by atoms with Crippen molar-refractivity contribution in [2.45, 2.75) is 13.8 Å². The first kappa shape index (κ1) is 13.9. The van der Waals surface area contributed by atoms with Gasteiger partial charge in [-0.2, -0.15) is 4.98 Å². The van der Waals surface area contributed by atoms with Gasteiger partial charge in [0.1, 0.15) is 5.75 Å². The molecule has 3 rings (SSSR count). The number of nitrogens with two attached hydrogens (primary N) is 1. The van der Waals surface area contributed by atoms with Crippen molar-refractivity contribution in [3.8, 4) is 11.6 Å². The molecule has 0 unspecified atom stereocenters. The number of nitrogen functional groups attached to an aromatic ring is 1. The molecule has 0 amide bonds. The minimum Gasteiger partial charge on any atom is -0.438 e. The predicted octanol–water partition coefficient (Wildman–Crippen LogP) is 2.93. The minimum atomic E-state index is 0.269. The number of aromatic amines is 1. The van der Waals surface area contributed by atoms with Gasteiger partial charge in [-0.1, -0.05) is 6.07 Å². The van der Waals surface area contributed by atoms with Crippen LogP contribution in [0.2, 0.25) is 0 Å². The second-order valence-electron chi connectivity index (χ2n) is 4.88. The number of hydrogen-bond acceptors (Lipinski definition) is 6. The topological polar surface area (TPSA) is 102 Å². The standard InChI is InChI=1S/C15H16N6O/c1-9-7-11(18-15-19-14(16)20-21-15)8-10(2)13(9)22-12-5-3-4-6-17-12/h3-8H,1-2H3,(H4,16,18,19,20,21). The summed E-state index contributed by atoms with van der Waals surface area (Å²) in [5.41, 5.74) is 8.34. The summed E-state index contributed by atoms with van der Waals surface area (Å²) in [6.07, 6.45) is 1.70. The van der Waals surface area contributed by atoms with Crippen LogP contribution < -0.4 is 15.8 Å². The van der Waals surface area contributed by atoms with Crippen LogP contribution in [0.5, 0.6) is 11.6 Å². The molecule has 0 saturated heterocycles. The fourth-order valence-corrected chi connectivity index (χ4v) is 2.15. The maximum atomic E-state index is 5.85. The molecule has 0 aliphatic rings. The van der Waals surface area contributed by atoms with Crippen molar-refractivity contribution < 1.29 is 4.74 Å². The number of H-pyrrole nitrogens is 1. The molecule has 0 aliphatic carbocycles. The highest BCUT2D eigenvalue weighted by atomic mass is 16.5. The van der Waals surface area contributed by atoms with Crippen LogP contribution >= 0.6 is 0 Å². The van der Waals surface area contributed by atoms with Crippen molar-refractivity contribution in [2.24, 2.45) is 0 Å². The number of rotatable bonds is 4. The zero-order valence-electron chi connectivity index (χ0n) is 12.3. The molecule has 2 heterocycles. The quantitative estimate of drug-likeness (QED) is 0.684. The Labute approximate surface area is 127 Å². The lowest BCUT2D eigenvalue weighted by Crippen LogP contribution is -1.97. The van der Waals surface area contributed by atoms with Gasteiger partial charge < -0.3 is 15.8 Å². The van der Waals surface area contributed by atoms with Gasteiger partial charge in [0.2, 0.25) is 17.8 Å². The van der Waals surface area contributed by atoms with Gasteiger partial charge in [-0.25, -0.2) is 10.1 Å². The molecular formula is C15H16N6O. The molecule has 0 aliphatic heterocycles. The van der Waals surface area contributed by atoms with Gasteiger partial charge in [-0.3, -0.25) is 0 Å². The third kappa shape index (κ3) is 2.98. The fraction of sp³-hybridized carbons (Fsp3) is 0.133. The van der Waals surface area contributed by atoms with Crippen LogP contribution in [-0.2, 0) is 0 Å². The van der Waals surface area contributed by atoms with Gasteiger partial charge in [0.15, 0.2) is 0 Å². The van der Waals surface area contributed by atoms with Gasteiger partial charge in [0.25, 0.3) is 0 Å². The molecule has 7 heteroatoms. The summed E-state index contributed by atoms with van der Waals surface area (Å²) in [6.45, 7) is 3.95. The average molecular weight is 296 g/mol. The van der Waals surface area contributed by atoms with E-state index < -0.39 is 0 Å². The van der Waals surface area contributed by atoms with Crippen molar-refractivity contribution in [2.75, 3.05) is 11.1 Å². The molecule has 0 saturated carbocycles. The largest absolute Gasteiger partial charge is 0.438 e. The smallest absolute Gasteiger partial charge is 0.248 e. The van der Waals surface area contributed by atoms with Crippen molar-refractivity contribution in [3.63, 3.8) is 0 Å². The lowest BCUT2D eigenvalue weighted by Gasteiger charge is -2.13. The van der Waals surface area contributed by atoms with Gasteiger partial charge in [0.05, 0.1) is 0 Å². The molecule has 3 aromatic rings. The Bertz CT molecular complexity index is 761. The molecule has 112 valence electrons. The molecular weight excluding hydrogens is 280 g/mol. The number of aryl methyl sites for hydroxylation is 2. The Morgan fingerprint density at radius 1 is 1.18 bits per heavy atom. The van der Waals surface area contributed by atoms with Crippen LogP contribution in [0.15, 0.2) is 36.5 Å². The highest BCUT2D eigenvalue weighted by Gasteiger charge is 2.09.